The molecule has 3 rings (SSSR count). The second kappa shape index (κ2) is 8.27. The van der Waals surface area contributed by atoms with Gasteiger partial charge in [-0.25, -0.2) is 0 Å². The maximum absolute atomic E-state index is 12.4. The molecular weight excluding hydrogens is 336 g/mol. The van der Waals surface area contributed by atoms with E-state index < -0.39 is 0 Å². The molecule has 1 aliphatic rings. The highest BCUT2D eigenvalue weighted by Crippen LogP contribution is 2.14. The average molecular weight is 358 g/mol. The normalized spacial score (nSPS) is 15.2. The lowest BCUT2D eigenvalue weighted by Crippen LogP contribution is -2.50. The van der Waals surface area contributed by atoms with E-state index >= 15 is 0 Å². The van der Waals surface area contributed by atoms with E-state index in [1.807, 2.05) is 46.7 Å². The maximum atomic E-state index is 12.4. The van der Waals surface area contributed by atoms with E-state index in [4.69, 9.17) is 4.74 Å². The van der Waals surface area contributed by atoms with E-state index in [-0.39, 0.29) is 11.7 Å². The first-order chi connectivity index (χ1) is 12.2. The standard InChI is InChI=1S/C19H22N2O3S/c1-24-16-6-4-15(5-7-16)13-19(23)21-10-8-20(9-11-21)14-17(22)18-3-2-12-25-18/h2-7,12H,8-11,13-14H2,1H3. The molecule has 2 heterocycles. The van der Waals surface area contributed by atoms with Crippen molar-refractivity contribution in [2.75, 3.05) is 39.8 Å². The Bertz CT molecular complexity index is 705. The van der Waals surface area contributed by atoms with Crippen LogP contribution in [0.1, 0.15) is 15.2 Å². The molecule has 0 spiro atoms. The Morgan fingerprint density at radius 2 is 1.80 bits per heavy atom. The molecule has 1 amide bonds. The van der Waals surface area contributed by atoms with Gasteiger partial charge in [0.1, 0.15) is 5.75 Å². The SMILES string of the molecule is COc1ccc(CC(=O)N2CCN(CC(=O)c3cccs3)CC2)cc1. The maximum Gasteiger partial charge on any atom is 0.227 e. The third-order valence-corrected chi connectivity index (χ3v) is 5.31. The van der Waals surface area contributed by atoms with E-state index in [1.165, 1.54) is 11.3 Å². The van der Waals surface area contributed by atoms with Gasteiger partial charge in [0.05, 0.1) is 25.0 Å². The summed E-state index contributed by atoms with van der Waals surface area (Å²) in [5.74, 6) is 1.09. The van der Waals surface area contributed by atoms with Crippen molar-refractivity contribution >= 4 is 23.0 Å². The van der Waals surface area contributed by atoms with Crippen LogP contribution < -0.4 is 4.74 Å². The summed E-state index contributed by atoms with van der Waals surface area (Å²) in [5.41, 5.74) is 0.987. The molecule has 0 unspecified atom stereocenters. The van der Waals surface area contributed by atoms with Crippen LogP contribution in [0.5, 0.6) is 5.75 Å². The number of nitrogens with zero attached hydrogens (tertiary/aromatic N) is 2. The number of methoxy groups -OCH3 is 1. The summed E-state index contributed by atoms with van der Waals surface area (Å²) < 4.78 is 5.13. The van der Waals surface area contributed by atoms with Gasteiger partial charge in [0, 0.05) is 26.2 Å². The van der Waals surface area contributed by atoms with Crippen LogP contribution in [0, 0.1) is 0 Å². The van der Waals surface area contributed by atoms with Gasteiger partial charge in [-0.2, -0.15) is 0 Å². The molecular formula is C19H22N2O3S. The highest BCUT2D eigenvalue weighted by molar-refractivity contribution is 7.12. The molecule has 0 bridgehead atoms. The third kappa shape index (κ3) is 4.67. The Morgan fingerprint density at radius 3 is 2.40 bits per heavy atom. The van der Waals surface area contributed by atoms with Crippen LogP contribution in [0.25, 0.3) is 0 Å². The molecule has 0 saturated carbocycles. The van der Waals surface area contributed by atoms with Gasteiger partial charge in [0.15, 0.2) is 5.78 Å². The van der Waals surface area contributed by atoms with Crippen LogP contribution in [0.2, 0.25) is 0 Å². The number of carbonyl (C=O) groups excluding carboxylic acids is 2. The molecule has 1 fully saturated rings. The van der Waals surface area contributed by atoms with Crippen LogP contribution in [-0.4, -0.2) is 61.3 Å². The number of amides is 1. The van der Waals surface area contributed by atoms with Crippen LogP contribution in [0.15, 0.2) is 41.8 Å². The number of ketones is 1. The monoisotopic (exact) mass is 358 g/mol. The molecule has 5 nitrogen and oxygen atoms in total. The molecule has 0 aliphatic carbocycles. The molecule has 6 heteroatoms. The number of Topliss-reactive ketones (excluding diaryl/α,β-unsaturated/α-hetero) is 1. The van der Waals surface area contributed by atoms with E-state index in [9.17, 15) is 9.59 Å². The Hall–Kier alpha value is -2.18. The van der Waals surface area contributed by atoms with Gasteiger partial charge in [-0.05, 0) is 29.1 Å². The molecule has 1 aromatic carbocycles. The number of ether oxygens (including phenoxy) is 1. The number of hydrogen-bond acceptors (Lipinski definition) is 5. The first-order valence-electron chi connectivity index (χ1n) is 8.35. The van der Waals surface area contributed by atoms with E-state index in [1.54, 1.807) is 7.11 Å². The second-order valence-electron chi connectivity index (χ2n) is 6.08. The first-order valence-corrected chi connectivity index (χ1v) is 9.23. The Kier molecular flexibility index (Phi) is 5.83. The molecule has 2 aromatic rings. The zero-order chi connectivity index (χ0) is 17.6. The Balaban J connectivity index is 1.46. The lowest BCUT2D eigenvalue weighted by atomic mass is 10.1. The van der Waals surface area contributed by atoms with Crippen molar-refractivity contribution < 1.29 is 14.3 Å². The molecule has 0 radical (unpaired) electrons. The van der Waals surface area contributed by atoms with Gasteiger partial charge < -0.3 is 9.64 Å². The molecule has 132 valence electrons. The minimum absolute atomic E-state index is 0.134. The van der Waals surface area contributed by atoms with Crippen LogP contribution in [-0.2, 0) is 11.2 Å². The lowest BCUT2D eigenvalue weighted by molar-refractivity contribution is -0.132. The minimum atomic E-state index is 0.134. The molecule has 25 heavy (non-hydrogen) atoms. The lowest BCUT2D eigenvalue weighted by Gasteiger charge is -2.34. The van der Waals surface area contributed by atoms with Crippen molar-refractivity contribution in [1.82, 2.24) is 9.80 Å². The number of thiophene rings is 1. The fourth-order valence-corrected chi connectivity index (χ4v) is 3.56. The zero-order valence-electron chi connectivity index (χ0n) is 14.3. The summed E-state index contributed by atoms with van der Waals surface area (Å²) in [4.78, 5) is 29.4. The van der Waals surface area contributed by atoms with Crippen molar-refractivity contribution in [2.45, 2.75) is 6.42 Å². The summed E-state index contributed by atoms with van der Waals surface area (Å²) >= 11 is 1.48. The van der Waals surface area contributed by atoms with Crippen molar-refractivity contribution in [3.05, 3.63) is 52.2 Å². The fraction of sp³-hybridized carbons (Fsp3) is 0.368. The van der Waals surface area contributed by atoms with Crippen LogP contribution in [0.4, 0.5) is 0 Å². The molecule has 0 N–H and O–H groups in total. The summed E-state index contributed by atoms with van der Waals surface area (Å²) in [6, 6.07) is 11.3. The van der Waals surface area contributed by atoms with E-state index in [2.05, 4.69) is 4.90 Å². The van der Waals surface area contributed by atoms with Crippen molar-refractivity contribution in [3.63, 3.8) is 0 Å². The average Bonchev–Trinajstić information content (AvgIpc) is 3.18. The molecule has 1 aliphatic heterocycles. The largest absolute Gasteiger partial charge is 0.497 e. The topological polar surface area (TPSA) is 49.9 Å². The third-order valence-electron chi connectivity index (χ3n) is 4.40. The molecule has 1 saturated heterocycles. The second-order valence-corrected chi connectivity index (χ2v) is 7.03. The number of piperazine rings is 1. The zero-order valence-corrected chi connectivity index (χ0v) is 15.1. The van der Waals surface area contributed by atoms with Crippen LogP contribution in [0.3, 0.4) is 0 Å². The molecule has 0 atom stereocenters. The van der Waals surface area contributed by atoms with E-state index in [0.29, 0.717) is 26.1 Å². The van der Waals surface area contributed by atoms with E-state index in [0.717, 1.165) is 29.3 Å². The smallest absolute Gasteiger partial charge is 0.227 e. The Morgan fingerprint density at radius 1 is 1.08 bits per heavy atom. The summed E-state index contributed by atoms with van der Waals surface area (Å²) in [5, 5.41) is 1.92. The number of benzene rings is 1. The predicted octanol–water partition coefficient (Wildman–Crippen LogP) is 2.33. The first kappa shape index (κ1) is 17.6. The van der Waals surface area contributed by atoms with Crippen molar-refractivity contribution in [2.24, 2.45) is 0 Å². The number of carbonyl (C=O) groups is 2. The molecule has 1 aromatic heterocycles. The number of hydrogen-bond donors (Lipinski definition) is 0. The predicted molar refractivity (Wildman–Crippen MR) is 98.4 cm³/mol. The van der Waals surface area contributed by atoms with Crippen LogP contribution >= 0.6 is 11.3 Å². The fourth-order valence-electron chi connectivity index (χ4n) is 2.90. The van der Waals surface area contributed by atoms with Gasteiger partial charge in [0.25, 0.3) is 0 Å². The summed E-state index contributed by atoms with van der Waals surface area (Å²) in [7, 11) is 1.63. The minimum Gasteiger partial charge on any atom is -0.497 e. The summed E-state index contributed by atoms with van der Waals surface area (Å²) in [6.07, 6.45) is 0.401. The quantitative estimate of drug-likeness (QED) is 0.744. The van der Waals surface area contributed by atoms with Gasteiger partial charge >= 0.3 is 0 Å². The summed E-state index contributed by atoms with van der Waals surface area (Å²) in [6.45, 7) is 3.26. The van der Waals surface area contributed by atoms with Gasteiger partial charge in [-0.15, -0.1) is 11.3 Å². The highest BCUT2D eigenvalue weighted by atomic mass is 32.1. The van der Waals surface area contributed by atoms with Crippen molar-refractivity contribution in [3.8, 4) is 5.75 Å². The van der Waals surface area contributed by atoms with Gasteiger partial charge in [-0.3, -0.25) is 14.5 Å². The van der Waals surface area contributed by atoms with Crippen molar-refractivity contribution in [1.29, 1.82) is 0 Å². The van der Waals surface area contributed by atoms with Gasteiger partial charge in [0.2, 0.25) is 5.91 Å². The Labute approximate surface area is 151 Å². The highest BCUT2D eigenvalue weighted by Gasteiger charge is 2.23. The van der Waals surface area contributed by atoms with Gasteiger partial charge in [-0.1, -0.05) is 18.2 Å². The number of rotatable bonds is 6.